The molecule has 0 aliphatic carbocycles. The number of imidazole rings is 1. The van der Waals surface area contributed by atoms with E-state index in [0.717, 1.165) is 136 Å². The number of aromatic nitrogens is 20. The monoisotopic (exact) mass is 2050 g/mol. The number of fused-ring (bicyclic) bond motifs is 5. The first-order valence-corrected chi connectivity index (χ1v) is 50.3. The lowest BCUT2D eigenvalue weighted by Crippen LogP contribution is -2.28. The second-order valence-corrected chi connectivity index (χ2v) is 40.0. The fourth-order valence-corrected chi connectivity index (χ4v) is 19.2. The maximum absolute atomic E-state index is 12.1. The van der Waals surface area contributed by atoms with Crippen LogP contribution in [0.25, 0.3) is 130 Å². The summed E-state index contributed by atoms with van der Waals surface area (Å²) < 4.78 is 18.9. The minimum Gasteiger partial charge on any atom is -0.495 e. The molecule has 750 valence electrons. The molecular formula is C101H109N27O12S5. The number of methoxy groups -OCH3 is 2. The Hall–Kier alpha value is -15.0. The number of nitrogens with zero attached hydrogens (tertiary/aromatic N) is 20. The average Bonchev–Trinajstić information content (AvgIpc) is 1.61. The zero-order valence-corrected chi connectivity index (χ0v) is 86.4. The van der Waals surface area contributed by atoms with Gasteiger partial charge in [-0.15, -0.1) is 16.4 Å². The average molecular weight is 2050 g/mol. The quantitative estimate of drug-likeness (QED) is 0.0207. The number of carbonyl (C=O) groups is 5. The van der Waals surface area contributed by atoms with E-state index in [0.29, 0.717) is 117 Å². The Balaban J connectivity index is 0.000000144. The largest absolute Gasteiger partial charge is 0.495 e. The van der Waals surface area contributed by atoms with Gasteiger partial charge >= 0.3 is 18.1 Å². The summed E-state index contributed by atoms with van der Waals surface area (Å²) in [6.07, 6.45) is 24.3. The summed E-state index contributed by atoms with van der Waals surface area (Å²) in [4.78, 5) is 130. The molecule has 44 heteroatoms. The molecule has 13 heterocycles. The van der Waals surface area contributed by atoms with Gasteiger partial charge in [0.25, 0.3) is 0 Å². The molecule has 39 nitrogen and oxygen atoms in total. The topological polar surface area (TPSA) is 531 Å². The van der Waals surface area contributed by atoms with Crippen molar-refractivity contribution in [2.75, 3.05) is 55.1 Å². The third kappa shape index (κ3) is 27.1. The lowest BCUT2D eigenvalue weighted by Gasteiger charge is -2.15. The molecule has 12 N–H and O–H groups in total. The number of hydrogen-bond donors (Lipinski definition) is 12. The van der Waals surface area contributed by atoms with E-state index in [-0.39, 0.29) is 29.8 Å². The fourth-order valence-electron chi connectivity index (χ4n) is 14.3. The van der Waals surface area contributed by atoms with Gasteiger partial charge in [0.2, 0.25) is 5.91 Å². The Morgan fingerprint density at radius 2 is 0.869 bits per heavy atom. The van der Waals surface area contributed by atoms with Gasteiger partial charge in [-0.2, -0.15) is 0 Å². The lowest BCUT2D eigenvalue weighted by atomic mass is 10.0. The van der Waals surface area contributed by atoms with Crippen molar-refractivity contribution < 1.29 is 59.0 Å². The van der Waals surface area contributed by atoms with Gasteiger partial charge in [-0.3, -0.25) is 35.5 Å². The fraction of sp³-hybridized carbons (Fsp3) is 0.297. The van der Waals surface area contributed by atoms with E-state index in [2.05, 4.69) is 122 Å². The molecule has 0 saturated heterocycles. The van der Waals surface area contributed by atoms with Crippen molar-refractivity contribution in [3.63, 3.8) is 0 Å². The molecular weight excluding hydrogens is 1940 g/mol. The standard InChI is InChI=1S/C22H23N5O2S.C21H21N7O2S.C21H21N5O2S.C19H23N5O3S.C18H21N5O3S/c1-4-7-19(28)26-21-25-17-11-14(27-12-18(24-13-27)22(2,3)29)10-15(20(17)30-21)16-8-5-6-9-23-16;1-4-22-19(29)28-20-27-15-9-12(13-10-25-18(26-11-13)21(2,3)30)8-14(16(15)31-20)17-23-6-5-7-24-17;1-3-6-15(28)11-20-23-18-10-14(26-12-19(13(2)27)24-25-26)9-16(21(18)29-20)17-7-4-5-8-22-17;1-5-20-17(25)24-18-23-14-7-11(6-12(10-27-4)15(14)28-18)13-8-21-16(22-9-13)19(2,3)26;1-5-19-16(24)23-17-22-12-6-10(7-13(26-4)14(12)27-17)11-8-20-15(21-9-11)18(2,3)25/h5-6,8-13,29H,4,7H2,1-3H3,(H,25,26,28);5-11,30H,4H2,1-3H3,(H2,22,27,28,29);4-5,7-10,12-13,27H,3,6,11H2,1-2H3;6-9,26H,5,10H2,1-4H3,(H2,20,23,24,25);6-9,25H,5H2,1-4H3,(H2,19,22,23,24). The number of thiazole rings is 5. The molecule has 1 unspecified atom stereocenters. The number of ether oxygens (including phenoxy) is 2. The van der Waals surface area contributed by atoms with Crippen LogP contribution in [-0.2, 0) is 49.8 Å². The number of amides is 7. The highest BCUT2D eigenvalue weighted by Gasteiger charge is 2.28. The summed E-state index contributed by atoms with van der Waals surface area (Å²) in [5.74, 6) is 2.40. The van der Waals surface area contributed by atoms with Gasteiger partial charge in [-0.1, -0.05) is 76.5 Å². The van der Waals surface area contributed by atoms with Gasteiger partial charge in [-0.05, 0) is 209 Å². The molecule has 0 radical (unpaired) electrons. The first-order valence-electron chi connectivity index (χ1n) is 46.2. The van der Waals surface area contributed by atoms with Gasteiger partial charge in [0, 0.05) is 147 Å². The van der Waals surface area contributed by atoms with Crippen molar-refractivity contribution in [3.8, 4) is 84.4 Å². The van der Waals surface area contributed by atoms with Crippen molar-refractivity contribution >= 4 is 158 Å². The van der Waals surface area contributed by atoms with E-state index in [1.807, 2.05) is 136 Å². The highest BCUT2D eigenvalue weighted by atomic mass is 32.1. The maximum atomic E-state index is 12.1. The minimum absolute atomic E-state index is 0.0411. The molecule has 18 rings (SSSR count). The molecule has 1 atom stereocenters. The van der Waals surface area contributed by atoms with Crippen molar-refractivity contribution in [2.45, 2.75) is 164 Å². The van der Waals surface area contributed by atoms with Crippen molar-refractivity contribution in [1.82, 2.24) is 115 Å². The highest BCUT2D eigenvalue weighted by molar-refractivity contribution is 7.24. The second-order valence-electron chi connectivity index (χ2n) is 35.0. The van der Waals surface area contributed by atoms with Crippen LogP contribution in [0.1, 0.15) is 168 Å². The molecule has 7 amide bonds. The predicted octanol–water partition coefficient (Wildman–Crippen LogP) is 18.4. The highest BCUT2D eigenvalue weighted by Crippen LogP contribution is 2.43. The molecule has 0 bridgehead atoms. The zero-order valence-electron chi connectivity index (χ0n) is 82.3. The third-order valence-electron chi connectivity index (χ3n) is 21.3. The van der Waals surface area contributed by atoms with Crippen LogP contribution >= 0.6 is 56.7 Å². The lowest BCUT2D eigenvalue weighted by molar-refractivity contribution is -0.118. The number of anilines is 4. The Labute approximate surface area is 853 Å². The van der Waals surface area contributed by atoms with E-state index >= 15 is 0 Å². The van der Waals surface area contributed by atoms with Crippen molar-refractivity contribution in [3.05, 3.63) is 223 Å². The number of benzene rings is 5. The van der Waals surface area contributed by atoms with E-state index in [1.165, 1.54) is 56.7 Å². The van der Waals surface area contributed by atoms with E-state index in [9.17, 15) is 49.5 Å². The number of urea groups is 3. The van der Waals surface area contributed by atoms with E-state index in [1.54, 1.807) is 168 Å². The Kier molecular flexibility index (Phi) is 34.3. The Morgan fingerprint density at radius 3 is 1.32 bits per heavy atom. The van der Waals surface area contributed by atoms with Gasteiger partial charge in [0.05, 0.1) is 113 Å². The van der Waals surface area contributed by atoms with Crippen molar-refractivity contribution in [1.29, 1.82) is 0 Å². The first-order chi connectivity index (χ1) is 69.4. The van der Waals surface area contributed by atoms with E-state index < -0.39 is 28.5 Å². The SMILES string of the molecule is CCCC(=O)Cc1nc2cc(-n3cc(C(C)O)nn3)cc(-c3ccccn3)c2s1.CCCC(=O)Nc1nc2cc(-n3cnc(C(C)(C)O)c3)cc(-c3ccccn3)c2s1.CCNC(=O)Nc1nc2cc(-c3cnc(C(C)(C)O)nc3)cc(-c3ncccn3)c2s1.CCNC(=O)Nc1nc2cc(-c3cnc(C(C)(C)O)nc3)cc(COC)c2s1.CCNC(=O)Nc1nc2cc(-c3cnc(C(C)(C)O)nc3)cc(OC)c2s1. The molecule has 0 fully saturated rings. The smallest absolute Gasteiger partial charge is 0.321 e. The minimum atomic E-state index is -1.12. The zero-order chi connectivity index (χ0) is 104. The molecule has 0 aliphatic heterocycles. The number of pyridine rings is 2. The Bertz CT molecular complexity index is 7570. The molecule has 0 saturated carbocycles. The van der Waals surface area contributed by atoms with Crippen LogP contribution < -0.4 is 42.0 Å². The van der Waals surface area contributed by atoms with Crippen LogP contribution in [0.2, 0.25) is 0 Å². The van der Waals surface area contributed by atoms with Crippen molar-refractivity contribution in [2.24, 2.45) is 0 Å². The maximum Gasteiger partial charge on any atom is 0.321 e. The van der Waals surface area contributed by atoms with Crippen LogP contribution in [0.3, 0.4) is 0 Å². The number of aliphatic hydroxyl groups is 5. The Morgan fingerprint density at radius 1 is 0.434 bits per heavy atom. The number of nitrogens with one attached hydrogen (secondary N) is 7. The first kappa shape index (κ1) is 106. The normalized spacial score (nSPS) is 11.7. The number of hydrogen-bond acceptors (Lipinski definition) is 35. The summed E-state index contributed by atoms with van der Waals surface area (Å²) in [6.45, 7) is 26.4. The molecule has 145 heavy (non-hydrogen) atoms. The van der Waals surface area contributed by atoms with Gasteiger partial charge in [0.15, 0.2) is 43.8 Å². The van der Waals surface area contributed by atoms with Crippen LogP contribution in [0, 0.1) is 0 Å². The number of Topliss-reactive ketones (excluding diaryl/α,β-unsaturated/α-hetero) is 1. The summed E-state index contributed by atoms with van der Waals surface area (Å²) in [6, 6.07) is 31.8. The van der Waals surface area contributed by atoms with E-state index in [4.69, 9.17) is 14.5 Å². The molecule has 0 aliphatic rings. The molecule has 18 aromatic rings. The number of ketones is 1. The van der Waals surface area contributed by atoms with Crippen LogP contribution in [0.15, 0.2) is 184 Å². The third-order valence-corrected chi connectivity index (χ3v) is 26.5. The molecule has 0 spiro atoms. The number of aliphatic hydroxyl groups excluding tert-OH is 1. The van der Waals surface area contributed by atoms with Crippen LogP contribution in [0.4, 0.5) is 34.9 Å². The van der Waals surface area contributed by atoms with Gasteiger partial charge in [0.1, 0.15) is 44.6 Å². The predicted molar refractivity (Wildman–Crippen MR) is 565 cm³/mol. The number of carbonyl (C=O) groups excluding carboxylic acids is 5. The number of rotatable bonds is 29. The van der Waals surface area contributed by atoms with Crippen LogP contribution in [0.5, 0.6) is 5.75 Å². The molecule has 5 aromatic carbocycles. The molecule has 13 aromatic heterocycles. The van der Waals surface area contributed by atoms with Gasteiger partial charge < -0.3 is 60.8 Å². The summed E-state index contributed by atoms with van der Waals surface area (Å²) >= 11 is 7.06. The summed E-state index contributed by atoms with van der Waals surface area (Å²) in [7, 11) is 3.22. The summed E-state index contributed by atoms with van der Waals surface area (Å²) in [5.41, 5.74) is 12.2. The summed E-state index contributed by atoms with van der Waals surface area (Å²) in [5, 5.41) is 80.3. The van der Waals surface area contributed by atoms with Gasteiger partial charge in [-0.25, -0.2) is 88.8 Å². The second kappa shape index (κ2) is 47.0. The van der Waals surface area contributed by atoms with Crippen LogP contribution in [-0.4, -0.2) is 188 Å².